The quantitative estimate of drug-likeness (QED) is 0.765. The maximum absolute atomic E-state index is 11.3. The van der Waals surface area contributed by atoms with Crippen LogP contribution in [0.1, 0.15) is 54.9 Å². The molecule has 2 heterocycles. The lowest BCUT2D eigenvalue weighted by atomic mass is 9.92. The number of rotatable bonds is 6. The molecule has 2 aromatic rings. The predicted octanol–water partition coefficient (Wildman–Crippen LogP) is 2.21. The Balaban J connectivity index is 1.58. The zero-order valence-corrected chi connectivity index (χ0v) is 17.2. The van der Waals surface area contributed by atoms with E-state index in [1.807, 2.05) is 0 Å². The Morgan fingerprint density at radius 3 is 2.75 bits per heavy atom. The number of nitrogens with two attached hydrogens (primary N) is 1. The number of ether oxygens (including phenoxy) is 1. The number of aliphatic hydroxyl groups excluding tert-OH is 1. The zero-order valence-electron chi connectivity index (χ0n) is 16.4. The minimum Gasteiger partial charge on any atom is -0.474 e. The first-order valence-electron chi connectivity index (χ1n) is 10.0. The van der Waals surface area contributed by atoms with Gasteiger partial charge in [-0.15, -0.1) is 11.3 Å². The Morgan fingerprint density at radius 1 is 1.32 bits per heavy atom. The molecule has 0 radical (unpaired) electrons. The zero-order chi connectivity index (χ0) is 19.8. The molecule has 2 aromatic heterocycles. The van der Waals surface area contributed by atoms with Crippen molar-refractivity contribution >= 4 is 27.5 Å². The summed E-state index contributed by atoms with van der Waals surface area (Å²) in [4.78, 5) is 24.7. The second-order valence-corrected chi connectivity index (χ2v) is 9.28. The van der Waals surface area contributed by atoms with E-state index in [0.717, 1.165) is 54.3 Å². The molecule has 152 valence electrons. The third-order valence-corrected chi connectivity index (χ3v) is 7.36. The molecule has 1 saturated carbocycles. The molecule has 0 aromatic carbocycles. The summed E-state index contributed by atoms with van der Waals surface area (Å²) in [6.45, 7) is 0. The molecule has 4 rings (SSSR count). The molecule has 1 amide bonds. The highest BCUT2D eigenvalue weighted by Crippen LogP contribution is 2.47. The molecule has 2 atom stereocenters. The Kier molecular flexibility index (Phi) is 5.53. The summed E-state index contributed by atoms with van der Waals surface area (Å²) in [5.74, 6) is 0.0682. The fourth-order valence-corrected chi connectivity index (χ4v) is 5.82. The lowest BCUT2D eigenvalue weighted by molar-refractivity contribution is -0.126. The molecule has 7 nitrogen and oxygen atoms in total. The summed E-state index contributed by atoms with van der Waals surface area (Å²) in [5.41, 5.74) is 6.42. The van der Waals surface area contributed by atoms with Crippen LogP contribution in [-0.2, 0) is 11.2 Å². The first-order chi connectivity index (χ1) is 13.4. The highest BCUT2D eigenvalue weighted by Gasteiger charge is 2.33. The highest BCUT2D eigenvalue weighted by atomic mass is 32.1. The third-order valence-electron chi connectivity index (χ3n) is 6.18. The van der Waals surface area contributed by atoms with E-state index in [9.17, 15) is 9.90 Å². The average molecular weight is 405 g/mol. The molecule has 0 bridgehead atoms. The summed E-state index contributed by atoms with van der Waals surface area (Å²) in [6, 6.07) is 0.621. The number of amides is 1. The van der Waals surface area contributed by atoms with Crippen molar-refractivity contribution in [2.75, 3.05) is 14.1 Å². The van der Waals surface area contributed by atoms with Gasteiger partial charge in [0.05, 0.1) is 5.39 Å². The number of carbonyl (C=O) groups excluding carboxylic acids is 1. The van der Waals surface area contributed by atoms with Crippen LogP contribution >= 0.6 is 11.3 Å². The first kappa shape index (κ1) is 19.5. The summed E-state index contributed by atoms with van der Waals surface area (Å²) in [6.07, 6.45) is 7.08. The van der Waals surface area contributed by atoms with Crippen molar-refractivity contribution in [1.82, 2.24) is 14.9 Å². The fourth-order valence-electron chi connectivity index (χ4n) is 4.59. The van der Waals surface area contributed by atoms with Gasteiger partial charge in [0.25, 0.3) is 0 Å². The van der Waals surface area contributed by atoms with Gasteiger partial charge in [-0.3, -0.25) is 4.79 Å². The number of aryl methyl sites for hydroxylation is 1. The van der Waals surface area contributed by atoms with Gasteiger partial charge in [-0.25, -0.2) is 9.97 Å². The van der Waals surface area contributed by atoms with Crippen LogP contribution in [0.15, 0.2) is 6.33 Å². The van der Waals surface area contributed by atoms with E-state index < -0.39 is 12.0 Å². The van der Waals surface area contributed by atoms with E-state index in [2.05, 4.69) is 29.0 Å². The van der Waals surface area contributed by atoms with Gasteiger partial charge in [0, 0.05) is 10.9 Å². The summed E-state index contributed by atoms with van der Waals surface area (Å²) >= 11 is 1.67. The number of primary amides is 1. The van der Waals surface area contributed by atoms with Gasteiger partial charge in [0.15, 0.2) is 0 Å². The number of aliphatic hydroxyl groups is 1. The SMILES string of the molecule is CN(C)[C@H]1CC[C@H](Oc2ncnc3sc4c(c23)[C@@H](C[C@@H](O)C(N)=O)CC4)CC1. The third kappa shape index (κ3) is 3.73. The van der Waals surface area contributed by atoms with Crippen LogP contribution in [0, 0.1) is 0 Å². The highest BCUT2D eigenvalue weighted by molar-refractivity contribution is 7.19. The smallest absolute Gasteiger partial charge is 0.246 e. The van der Waals surface area contributed by atoms with Gasteiger partial charge in [-0.1, -0.05) is 0 Å². The molecule has 28 heavy (non-hydrogen) atoms. The minimum atomic E-state index is -1.12. The Bertz CT molecular complexity index is 860. The van der Waals surface area contributed by atoms with Crippen LogP contribution in [-0.4, -0.2) is 58.2 Å². The normalized spacial score (nSPS) is 25.8. The number of hydrogen-bond donors (Lipinski definition) is 2. The number of fused-ring (bicyclic) bond motifs is 3. The summed E-state index contributed by atoms with van der Waals surface area (Å²) in [5, 5.41) is 11.0. The van der Waals surface area contributed by atoms with Gasteiger partial charge in [-0.2, -0.15) is 0 Å². The van der Waals surface area contributed by atoms with E-state index in [4.69, 9.17) is 10.5 Å². The number of nitrogens with zero attached hydrogens (tertiary/aromatic N) is 3. The molecular weight excluding hydrogens is 376 g/mol. The monoisotopic (exact) mass is 404 g/mol. The molecule has 2 aliphatic carbocycles. The van der Waals surface area contributed by atoms with Crippen molar-refractivity contribution < 1.29 is 14.6 Å². The lowest BCUT2D eigenvalue weighted by Crippen LogP contribution is -2.35. The minimum absolute atomic E-state index is 0.0871. The van der Waals surface area contributed by atoms with Crippen LogP contribution < -0.4 is 10.5 Å². The van der Waals surface area contributed by atoms with Gasteiger partial charge in [0.1, 0.15) is 23.4 Å². The number of carbonyl (C=O) groups is 1. The van der Waals surface area contributed by atoms with Crippen LogP contribution in [0.5, 0.6) is 5.88 Å². The predicted molar refractivity (Wildman–Crippen MR) is 109 cm³/mol. The molecule has 2 aliphatic rings. The second-order valence-electron chi connectivity index (χ2n) is 8.20. The van der Waals surface area contributed by atoms with E-state index in [-0.39, 0.29) is 12.0 Å². The molecule has 8 heteroatoms. The Hall–Kier alpha value is -1.77. The van der Waals surface area contributed by atoms with Crippen molar-refractivity contribution in [3.8, 4) is 5.88 Å². The van der Waals surface area contributed by atoms with Crippen molar-refractivity contribution in [1.29, 1.82) is 0 Å². The largest absolute Gasteiger partial charge is 0.474 e. The van der Waals surface area contributed by atoms with Crippen LogP contribution in [0.3, 0.4) is 0 Å². The maximum atomic E-state index is 11.3. The van der Waals surface area contributed by atoms with Crippen molar-refractivity contribution in [3.63, 3.8) is 0 Å². The molecule has 1 fully saturated rings. The van der Waals surface area contributed by atoms with E-state index in [1.54, 1.807) is 17.7 Å². The Morgan fingerprint density at radius 2 is 2.07 bits per heavy atom. The molecule has 0 aliphatic heterocycles. The van der Waals surface area contributed by atoms with Crippen molar-refractivity contribution in [2.24, 2.45) is 5.73 Å². The lowest BCUT2D eigenvalue weighted by Gasteiger charge is -2.32. The molecule has 0 saturated heterocycles. The van der Waals surface area contributed by atoms with Gasteiger partial charge in [0.2, 0.25) is 11.8 Å². The van der Waals surface area contributed by atoms with Crippen molar-refractivity contribution in [2.45, 2.75) is 69.1 Å². The topological polar surface area (TPSA) is 102 Å². The Labute approximate surface area is 168 Å². The van der Waals surface area contributed by atoms with Crippen LogP contribution in [0.25, 0.3) is 10.2 Å². The fraction of sp³-hybridized carbons (Fsp3) is 0.650. The van der Waals surface area contributed by atoms with Crippen LogP contribution in [0.4, 0.5) is 0 Å². The number of hydrogen-bond acceptors (Lipinski definition) is 7. The van der Waals surface area contributed by atoms with Crippen LogP contribution in [0.2, 0.25) is 0 Å². The molecule has 0 unspecified atom stereocenters. The molecule has 3 N–H and O–H groups in total. The maximum Gasteiger partial charge on any atom is 0.246 e. The first-order valence-corrected chi connectivity index (χ1v) is 10.8. The summed E-state index contributed by atoms with van der Waals surface area (Å²) in [7, 11) is 4.27. The second kappa shape index (κ2) is 7.93. The average Bonchev–Trinajstić information content (AvgIpc) is 3.22. The summed E-state index contributed by atoms with van der Waals surface area (Å²) < 4.78 is 6.36. The van der Waals surface area contributed by atoms with Gasteiger partial charge < -0.3 is 20.5 Å². The standard InChI is InChI=1S/C20H28N4O3S/c1-24(2)12-4-6-13(7-5-12)27-19-17-16-11(9-14(25)18(21)26)3-8-15(16)28-20(17)23-10-22-19/h10-14,25H,3-9H2,1-2H3,(H2,21,26)/t11-,12-,13-,14-/m1/s1. The number of thiophene rings is 1. The van der Waals surface area contributed by atoms with Gasteiger partial charge >= 0.3 is 0 Å². The van der Waals surface area contributed by atoms with E-state index in [0.29, 0.717) is 18.3 Å². The van der Waals surface area contributed by atoms with E-state index >= 15 is 0 Å². The van der Waals surface area contributed by atoms with Gasteiger partial charge in [-0.05, 0) is 70.5 Å². The van der Waals surface area contributed by atoms with Crippen molar-refractivity contribution in [3.05, 3.63) is 16.8 Å². The van der Waals surface area contributed by atoms with E-state index in [1.165, 1.54) is 4.88 Å². The molecular formula is C20H28N4O3S. The molecule has 0 spiro atoms. The number of aromatic nitrogens is 2.